The van der Waals surface area contributed by atoms with Crippen LogP contribution in [0.3, 0.4) is 0 Å². The minimum absolute atomic E-state index is 0.0367. The Labute approximate surface area is 128 Å². The lowest BCUT2D eigenvalue weighted by atomic mass is 10.1. The first-order chi connectivity index (χ1) is 10.6. The van der Waals surface area contributed by atoms with E-state index in [0.29, 0.717) is 31.2 Å². The molecule has 0 unspecified atom stereocenters. The summed E-state index contributed by atoms with van der Waals surface area (Å²) in [4.78, 5) is 22.3. The average molecular weight is 302 g/mol. The van der Waals surface area contributed by atoms with Gasteiger partial charge < -0.3 is 14.2 Å². The van der Waals surface area contributed by atoms with Crippen molar-refractivity contribution in [2.24, 2.45) is 0 Å². The van der Waals surface area contributed by atoms with E-state index in [-0.39, 0.29) is 12.0 Å². The van der Waals surface area contributed by atoms with E-state index in [2.05, 4.69) is 15.1 Å². The van der Waals surface area contributed by atoms with Gasteiger partial charge in [-0.15, -0.1) is 0 Å². The molecule has 2 aromatic rings. The lowest BCUT2D eigenvalue weighted by Gasteiger charge is -2.16. The summed E-state index contributed by atoms with van der Waals surface area (Å²) < 4.78 is 10.8. The molecule has 1 saturated heterocycles. The van der Waals surface area contributed by atoms with Crippen LogP contribution in [0.25, 0.3) is 0 Å². The third-order valence-corrected chi connectivity index (χ3v) is 3.83. The van der Waals surface area contributed by atoms with Crippen LogP contribution in [-0.4, -0.2) is 45.1 Å². The topological polar surface area (TPSA) is 81.4 Å². The smallest absolute Gasteiger partial charge is 0.232 e. The van der Waals surface area contributed by atoms with Crippen molar-refractivity contribution >= 4 is 5.91 Å². The van der Waals surface area contributed by atoms with Crippen molar-refractivity contribution in [3.63, 3.8) is 0 Å². The standard InChI is InChI=1S/C15H18N4O3/c1-10-13(11(2)22-18-10)7-15(20)19-6-3-12(9-19)21-14-8-16-4-5-17-14/h4-5,8,12H,3,6-7,9H2,1-2H3/t12-/m1/s1. The fraction of sp³-hybridized carbons (Fsp3) is 0.467. The summed E-state index contributed by atoms with van der Waals surface area (Å²) in [5.74, 6) is 1.27. The summed E-state index contributed by atoms with van der Waals surface area (Å²) in [6.45, 7) is 4.93. The van der Waals surface area contributed by atoms with Crippen molar-refractivity contribution < 1.29 is 14.1 Å². The highest BCUT2D eigenvalue weighted by atomic mass is 16.5. The fourth-order valence-electron chi connectivity index (χ4n) is 2.59. The van der Waals surface area contributed by atoms with Crippen LogP contribution >= 0.6 is 0 Å². The first-order valence-electron chi connectivity index (χ1n) is 7.25. The lowest BCUT2D eigenvalue weighted by molar-refractivity contribution is -0.129. The van der Waals surface area contributed by atoms with Crippen LogP contribution in [0.15, 0.2) is 23.1 Å². The number of likely N-dealkylation sites (tertiary alicyclic amines) is 1. The van der Waals surface area contributed by atoms with Crippen molar-refractivity contribution in [1.82, 2.24) is 20.0 Å². The van der Waals surface area contributed by atoms with Crippen molar-refractivity contribution in [2.75, 3.05) is 13.1 Å². The zero-order valence-corrected chi connectivity index (χ0v) is 12.7. The van der Waals surface area contributed by atoms with Gasteiger partial charge in [-0.3, -0.25) is 9.78 Å². The molecular weight excluding hydrogens is 284 g/mol. The van der Waals surface area contributed by atoms with Gasteiger partial charge in [0.25, 0.3) is 0 Å². The third kappa shape index (κ3) is 3.08. The Kier molecular flexibility index (Phi) is 4.04. The van der Waals surface area contributed by atoms with E-state index in [4.69, 9.17) is 9.26 Å². The van der Waals surface area contributed by atoms with Crippen LogP contribution in [0.2, 0.25) is 0 Å². The van der Waals surface area contributed by atoms with Crippen molar-refractivity contribution in [2.45, 2.75) is 32.8 Å². The number of carbonyl (C=O) groups is 1. The molecule has 22 heavy (non-hydrogen) atoms. The van der Waals surface area contributed by atoms with Crippen LogP contribution in [-0.2, 0) is 11.2 Å². The van der Waals surface area contributed by atoms with Crippen LogP contribution in [0.1, 0.15) is 23.4 Å². The summed E-state index contributed by atoms with van der Waals surface area (Å²) in [6.07, 6.45) is 5.84. The molecule has 1 aliphatic rings. The molecule has 0 saturated carbocycles. The maximum absolute atomic E-state index is 12.4. The summed E-state index contributed by atoms with van der Waals surface area (Å²) in [5.41, 5.74) is 1.65. The van der Waals surface area contributed by atoms with Gasteiger partial charge in [0.15, 0.2) is 0 Å². The lowest BCUT2D eigenvalue weighted by Crippen LogP contribution is -2.32. The third-order valence-electron chi connectivity index (χ3n) is 3.83. The molecule has 116 valence electrons. The van der Waals surface area contributed by atoms with Crippen LogP contribution in [0.5, 0.6) is 5.88 Å². The van der Waals surface area contributed by atoms with Gasteiger partial charge in [-0.2, -0.15) is 0 Å². The highest BCUT2D eigenvalue weighted by Crippen LogP contribution is 2.19. The Morgan fingerprint density at radius 2 is 2.32 bits per heavy atom. The van der Waals surface area contributed by atoms with Crippen LogP contribution < -0.4 is 4.74 Å². The number of hydrogen-bond donors (Lipinski definition) is 0. The van der Waals surface area contributed by atoms with E-state index in [9.17, 15) is 4.79 Å². The second-order valence-corrected chi connectivity index (χ2v) is 5.39. The molecule has 2 aromatic heterocycles. The van der Waals surface area contributed by atoms with Crippen LogP contribution in [0, 0.1) is 13.8 Å². The molecule has 0 bridgehead atoms. The van der Waals surface area contributed by atoms with Gasteiger partial charge in [0.05, 0.1) is 24.9 Å². The molecule has 0 N–H and O–H groups in total. The molecule has 1 atom stereocenters. The molecule has 0 radical (unpaired) electrons. The molecule has 7 heteroatoms. The van der Waals surface area contributed by atoms with Crippen molar-refractivity contribution in [3.8, 4) is 5.88 Å². The molecule has 7 nitrogen and oxygen atoms in total. The molecule has 3 rings (SSSR count). The molecule has 0 spiro atoms. The molecule has 1 amide bonds. The van der Waals surface area contributed by atoms with Gasteiger partial charge >= 0.3 is 0 Å². The minimum Gasteiger partial charge on any atom is -0.471 e. The number of amides is 1. The maximum Gasteiger partial charge on any atom is 0.232 e. The number of ether oxygens (including phenoxy) is 1. The largest absolute Gasteiger partial charge is 0.471 e. The zero-order chi connectivity index (χ0) is 15.5. The van der Waals surface area contributed by atoms with Gasteiger partial charge in [-0.05, 0) is 13.8 Å². The SMILES string of the molecule is Cc1noc(C)c1CC(=O)N1CC[C@@H](Oc2cnccn2)C1. The normalized spacial score (nSPS) is 17.7. The summed E-state index contributed by atoms with van der Waals surface area (Å²) in [5, 5.41) is 3.88. The molecule has 0 aromatic carbocycles. The summed E-state index contributed by atoms with van der Waals surface area (Å²) in [7, 11) is 0. The maximum atomic E-state index is 12.4. The van der Waals surface area contributed by atoms with Gasteiger partial charge in [0.1, 0.15) is 11.9 Å². The number of carbonyl (C=O) groups excluding carboxylic acids is 1. The molecule has 3 heterocycles. The van der Waals surface area contributed by atoms with Gasteiger partial charge in [0.2, 0.25) is 11.8 Å². The molecule has 0 aliphatic carbocycles. The Morgan fingerprint density at radius 3 is 3.00 bits per heavy atom. The van der Waals surface area contributed by atoms with E-state index < -0.39 is 0 Å². The minimum atomic E-state index is -0.0367. The first kappa shape index (κ1) is 14.5. The average Bonchev–Trinajstić information content (AvgIpc) is 3.10. The number of nitrogens with zero attached hydrogens (tertiary/aromatic N) is 4. The Bertz CT molecular complexity index is 637. The number of aryl methyl sites for hydroxylation is 2. The number of aromatic nitrogens is 3. The van der Waals surface area contributed by atoms with E-state index in [0.717, 1.165) is 17.7 Å². The van der Waals surface area contributed by atoms with E-state index >= 15 is 0 Å². The van der Waals surface area contributed by atoms with Gasteiger partial charge in [0, 0.05) is 30.9 Å². The molecule has 1 fully saturated rings. The fourth-order valence-corrected chi connectivity index (χ4v) is 2.59. The van der Waals surface area contributed by atoms with Crippen molar-refractivity contribution in [3.05, 3.63) is 35.6 Å². The van der Waals surface area contributed by atoms with Gasteiger partial charge in [-0.25, -0.2) is 4.98 Å². The number of rotatable bonds is 4. The second-order valence-electron chi connectivity index (χ2n) is 5.39. The van der Waals surface area contributed by atoms with Crippen molar-refractivity contribution in [1.29, 1.82) is 0 Å². The predicted molar refractivity (Wildman–Crippen MR) is 77.3 cm³/mol. The highest BCUT2D eigenvalue weighted by molar-refractivity contribution is 5.79. The highest BCUT2D eigenvalue weighted by Gasteiger charge is 2.28. The monoisotopic (exact) mass is 302 g/mol. The van der Waals surface area contributed by atoms with Crippen LogP contribution in [0.4, 0.5) is 0 Å². The predicted octanol–water partition coefficient (Wildman–Crippen LogP) is 1.30. The Balaban J connectivity index is 1.57. The Hall–Kier alpha value is -2.44. The Morgan fingerprint density at radius 1 is 1.45 bits per heavy atom. The zero-order valence-electron chi connectivity index (χ0n) is 12.7. The molecular formula is C15H18N4O3. The quantitative estimate of drug-likeness (QED) is 0.847. The van der Waals surface area contributed by atoms with Gasteiger partial charge in [-0.1, -0.05) is 5.16 Å². The van der Waals surface area contributed by atoms with E-state index in [1.165, 1.54) is 0 Å². The summed E-state index contributed by atoms with van der Waals surface area (Å²) in [6, 6.07) is 0. The first-order valence-corrected chi connectivity index (χ1v) is 7.25. The molecule has 1 aliphatic heterocycles. The van der Waals surface area contributed by atoms with E-state index in [1.807, 2.05) is 18.7 Å². The second kappa shape index (κ2) is 6.13. The van der Waals surface area contributed by atoms with E-state index in [1.54, 1.807) is 18.6 Å². The summed E-state index contributed by atoms with van der Waals surface area (Å²) >= 11 is 0. The number of hydrogen-bond acceptors (Lipinski definition) is 6.